The molecule has 2 aromatic rings. The Kier molecular flexibility index (Phi) is 4.80. The first-order valence-electron chi connectivity index (χ1n) is 7.45. The lowest BCUT2D eigenvalue weighted by atomic mass is 10.1. The molecule has 22 heavy (non-hydrogen) atoms. The van der Waals surface area contributed by atoms with E-state index in [1.54, 1.807) is 0 Å². The number of fused-ring (bicyclic) bond motifs is 1. The van der Waals surface area contributed by atoms with E-state index in [1.165, 1.54) is 4.90 Å². The fourth-order valence-electron chi connectivity index (χ4n) is 2.31. The maximum atomic E-state index is 12.6. The molecular formula is C16H22N4O2. The Morgan fingerprint density at radius 1 is 1.36 bits per heavy atom. The zero-order valence-corrected chi connectivity index (χ0v) is 13.4. The number of aromatic nitrogens is 2. The standard InChI is InChI=1S/C16H22N4O2/c1-5-20(9-14(21)17-10(2)3)16(22)15-12-8-11(4)6-7-13(12)18-19-15/h6-8,10H,5,9H2,1-4H3,(H,17,21)(H,18,19). The van der Waals surface area contributed by atoms with Gasteiger partial charge in [0.1, 0.15) is 0 Å². The van der Waals surface area contributed by atoms with Crippen LogP contribution in [0.3, 0.4) is 0 Å². The zero-order valence-electron chi connectivity index (χ0n) is 13.4. The minimum Gasteiger partial charge on any atom is -0.352 e. The number of nitrogens with one attached hydrogen (secondary N) is 2. The third kappa shape index (κ3) is 3.44. The first kappa shape index (κ1) is 16.0. The molecule has 1 aromatic carbocycles. The molecule has 0 spiro atoms. The third-order valence-electron chi connectivity index (χ3n) is 3.37. The Morgan fingerprint density at radius 2 is 2.09 bits per heavy atom. The third-order valence-corrected chi connectivity index (χ3v) is 3.37. The Balaban J connectivity index is 2.23. The fraction of sp³-hybridized carbons (Fsp3) is 0.438. The smallest absolute Gasteiger partial charge is 0.275 e. The SMILES string of the molecule is CCN(CC(=O)NC(C)C)C(=O)c1n[nH]c2ccc(C)cc12. The molecule has 6 nitrogen and oxygen atoms in total. The largest absolute Gasteiger partial charge is 0.352 e. The molecule has 2 rings (SSSR count). The zero-order chi connectivity index (χ0) is 16.3. The summed E-state index contributed by atoms with van der Waals surface area (Å²) in [4.78, 5) is 26.0. The highest BCUT2D eigenvalue weighted by Crippen LogP contribution is 2.18. The topological polar surface area (TPSA) is 78.1 Å². The van der Waals surface area contributed by atoms with Gasteiger partial charge in [-0.15, -0.1) is 0 Å². The van der Waals surface area contributed by atoms with Gasteiger partial charge in [0.25, 0.3) is 5.91 Å². The van der Waals surface area contributed by atoms with Crippen LogP contribution in [0.25, 0.3) is 10.9 Å². The van der Waals surface area contributed by atoms with Gasteiger partial charge in [0, 0.05) is 18.0 Å². The molecule has 118 valence electrons. The Hall–Kier alpha value is -2.37. The molecule has 2 amide bonds. The number of hydrogen-bond donors (Lipinski definition) is 2. The quantitative estimate of drug-likeness (QED) is 0.885. The first-order valence-corrected chi connectivity index (χ1v) is 7.45. The summed E-state index contributed by atoms with van der Waals surface area (Å²) in [6.07, 6.45) is 0. The number of benzene rings is 1. The number of aryl methyl sites for hydroxylation is 1. The maximum Gasteiger partial charge on any atom is 0.275 e. The van der Waals surface area contributed by atoms with Crippen LogP contribution in [0.5, 0.6) is 0 Å². The number of amides is 2. The van der Waals surface area contributed by atoms with E-state index in [1.807, 2.05) is 45.9 Å². The molecule has 0 saturated carbocycles. The Labute approximate surface area is 129 Å². The van der Waals surface area contributed by atoms with Gasteiger partial charge in [-0.05, 0) is 39.8 Å². The van der Waals surface area contributed by atoms with Crippen molar-refractivity contribution in [3.05, 3.63) is 29.5 Å². The van der Waals surface area contributed by atoms with Crippen LogP contribution >= 0.6 is 0 Å². The summed E-state index contributed by atoms with van der Waals surface area (Å²) >= 11 is 0. The molecule has 0 radical (unpaired) electrons. The fourth-order valence-corrected chi connectivity index (χ4v) is 2.31. The number of H-pyrrole nitrogens is 1. The number of carbonyl (C=O) groups excluding carboxylic acids is 2. The van der Waals surface area contributed by atoms with E-state index >= 15 is 0 Å². The highest BCUT2D eigenvalue weighted by molar-refractivity contribution is 6.05. The Morgan fingerprint density at radius 3 is 2.73 bits per heavy atom. The summed E-state index contributed by atoms with van der Waals surface area (Å²) < 4.78 is 0. The van der Waals surface area contributed by atoms with Gasteiger partial charge in [-0.25, -0.2) is 0 Å². The molecule has 0 saturated heterocycles. The van der Waals surface area contributed by atoms with E-state index in [9.17, 15) is 9.59 Å². The number of hydrogen-bond acceptors (Lipinski definition) is 3. The van der Waals surface area contributed by atoms with Gasteiger partial charge in [-0.2, -0.15) is 5.10 Å². The Bertz CT molecular complexity index is 691. The number of rotatable bonds is 5. The molecule has 0 aliphatic rings. The number of carbonyl (C=O) groups is 2. The van der Waals surface area contributed by atoms with E-state index in [4.69, 9.17) is 0 Å². The van der Waals surface area contributed by atoms with Crippen LogP contribution in [-0.2, 0) is 4.79 Å². The molecule has 0 fully saturated rings. The number of likely N-dealkylation sites (N-methyl/N-ethyl adjacent to an activating group) is 1. The van der Waals surface area contributed by atoms with E-state index in [0.29, 0.717) is 12.2 Å². The van der Waals surface area contributed by atoms with Crippen molar-refractivity contribution in [2.45, 2.75) is 33.7 Å². The van der Waals surface area contributed by atoms with Crippen LogP contribution in [-0.4, -0.2) is 46.0 Å². The summed E-state index contributed by atoms with van der Waals surface area (Å²) in [6, 6.07) is 5.84. The van der Waals surface area contributed by atoms with Crippen molar-refractivity contribution in [2.24, 2.45) is 0 Å². The molecule has 6 heteroatoms. The highest BCUT2D eigenvalue weighted by Gasteiger charge is 2.22. The van der Waals surface area contributed by atoms with Gasteiger partial charge in [0.15, 0.2) is 5.69 Å². The molecule has 1 aromatic heterocycles. The molecule has 0 aliphatic heterocycles. The van der Waals surface area contributed by atoms with E-state index < -0.39 is 0 Å². The minimum absolute atomic E-state index is 0.0354. The molecular weight excluding hydrogens is 280 g/mol. The highest BCUT2D eigenvalue weighted by atomic mass is 16.2. The number of aromatic amines is 1. The summed E-state index contributed by atoms with van der Waals surface area (Å²) in [5.74, 6) is -0.403. The lowest BCUT2D eigenvalue weighted by Crippen LogP contribution is -2.42. The monoisotopic (exact) mass is 302 g/mol. The second-order valence-corrected chi connectivity index (χ2v) is 5.66. The van der Waals surface area contributed by atoms with Gasteiger partial charge in [0.05, 0.1) is 12.1 Å². The predicted molar refractivity (Wildman–Crippen MR) is 85.7 cm³/mol. The molecule has 0 unspecified atom stereocenters. The minimum atomic E-state index is -0.238. The van der Waals surface area contributed by atoms with Crippen molar-refractivity contribution in [2.75, 3.05) is 13.1 Å². The lowest BCUT2D eigenvalue weighted by Gasteiger charge is -2.20. The summed E-state index contributed by atoms with van der Waals surface area (Å²) in [5.41, 5.74) is 2.23. The van der Waals surface area contributed by atoms with Crippen LogP contribution in [0.4, 0.5) is 0 Å². The van der Waals surface area contributed by atoms with E-state index in [0.717, 1.165) is 16.5 Å². The second-order valence-electron chi connectivity index (χ2n) is 5.66. The lowest BCUT2D eigenvalue weighted by molar-refractivity contribution is -0.122. The maximum absolute atomic E-state index is 12.6. The second kappa shape index (κ2) is 6.60. The van der Waals surface area contributed by atoms with Crippen molar-refractivity contribution in [1.29, 1.82) is 0 Å². The van der Waals surface area contributed by atoms with Crippen LogP contribution in [0, 0.1) is 6.92 Å². The molecule has 2 N–H and O–H groups in total. The van der Waals surface area contributed by atoms with Crippen molar-refractivity contribution < 1.29 is 9.59 Å². The predicted octanol–water partition coefficient (Wildman–Crippen LogP) is 1.86. The van der Waals surface area contributed by atoms with Gasteiger partial charge < -0.3 is 10.2 Å². The van der Waals surface area contributed by atoms with E-state index in [2.05, 4.69) is 15.5 Å². The van der Waals surface area contributed by atoms with Crippen LogP contribution in [0.1, 0.15) is 36.8 Å². The van der Waals surface area contributed by atoms with E-state index in [-0.39, 0.29) is 24.4 Å². The van der Waals surface area contributed by atoms with Gasteiger partial charge in [0.2, 0.25) is 5.91 Å². The average Bonchev–Trinajstić information content (AvgIpc) is 2.86. The first-order chi connectivity index (χ1) is 10.4. The van der Waals surface area contributed by atoms with Crippen molar-refractivity contribution >= 4 is 22.7 Å². The van der Waals surface area contributed by atoms with Crippen molar-refractivity contribution in [1.82, 2.24) is 20.4 Å². The normalized spacial score (nSPS) is 11.0. The van der Waals surface area contributed by atoms with Crippen LogP contribution in [0.15, 0.2) is 18.2 Å². The molecule has 0 bridgehead atoms. The molecule has 1 heterocycles. The van der Waals surface area contributed by atoms with Gasteiger partial charge in [-0.3, -0.25) is 14.7 Å². The molecule has 0 aliphatic carbocycles. The summed E-state index contributed by atoms with van der Waals surface area (Å²) in [5, 5.41) is 10.6. The van der Waals surface area contributed by atoms with Gasteiger partial charge in [-0.1, -0.05) is 11.6 Å². The van der Waals surface area contributed by atoms with Crippen LogP contribution in [0.2, 0.25) is 0 Å². The summed E-state index contributed by atoms with van der Waals surface area (Å²) in [6.45, 7) is 8.08. The van der Waals surface area contributed by atoms with Gasteiger partial charge >= 0.3 is 0 Å². The molecule has 0 atom stereocenters. The number of nitrogens with zero attached hydrogens (tertiary/aromatic N) is 2. The summed E-state index contributed by atoms with van der Waals surface area (Å²) in [7, 11) is 0. The average molecular weight is 302 g/mol. The van der Waals surface area contributed by atoms with Crippen molar-refractivity contribution in [3.8, 4) is 0 Å². The van der Waals surface area contributed by atoms with Crippen molar-refractivity contribution in [3.63, 3.8) is 0 Å². The van der Waals surface area contributed by atoms with Crippen LogP contribution < -0.4 is 5.32 Å².